The molecule has 0 aliphatic rings. The Morgan fingerprint density at radius 2 is 1.39 bits per heavy atom. The van der Waals surface area contributed by atoms with Crippen molar-refractivity contribution in [3.8, 4) is 39.6 Å². The number of rotatable bonds is 3. The largest absolute Gasteiger partial charge is 0.454 e. The molecule has 0 aliphatic carbocycles. The number of furan rings is 1. The van der Waals surface area contributed by atoms with Gasteiger partial charge in [0.1, 0.15) is 18.2 Å². The first-order valence-corrected chi connectivity index (χ1v) is 12.9. The second-order valence-electron chi connectivity index (χ2n) is 10.3. The summed E-state index contributed by atoms with van der Waals surface area (Å²) in [7, 11) is 2.05. The van der Waals surface area contributed by atoms with Gasteiger partial charge in [-0.3, -0.25) is 0 Å². The molecule has 0 saturated carbocycles. The number of hydrogen-bond donors (Lipinski definition) is 0. The minimum absolute atomic E-state index is 0.613. The van der Waals surface area contributed by atoms with Crippen LogP contribution < -0.4 is 4.57 Å². The van der Waals surface area contributed by atoms with Crippen LogP contribution in [0.1, 0.15) is 27.8 Å². The minimum Gasteiger partial charge on any atom is -0.454 e. The highest BCUT2D eigenvalue weighted by molar-refractivity contribution is 6.14. The smallest absolute Gasteiger partial charge is 0.216 e. The molecule has 2 aromatic heterocycles. The van der Waals surface area contributed by atoms with Gasteiger partial charge in [0, 0.05) is 28.5 Å². The van der Waals surface area contributed by atoms with Crippen LogP contribution in [-0.2, 0) is 7.05 Å². The Labute approximate surface area is 223 Å². The van der Waals surface area contributed by atoms with Gasteiger partial charge in [0.05, 0.1) is 17.2 Å². The van der Waals surface area contributed by atoms with Crippen LogP contribution in [0.3, 0.4) is 0 Å². The van der Waals surface area contributed by atoms with E-state index in [1.165, 1.54) is 22.3 Å². The van der Waals surface area contributed by atoms with Crippen molar-refractivity contribution in [1.29, 1.82) is 5.26 Å². The van der Waals surface area contributed by atoms with E-state index in [1.54, 1.807) is 0 Å². The normalized spacial score (nSPS) is 11.3. The third kappa shape index (κ3) is 3.69. The van der Waals surface area contributed by atoms with Gasteiger partial charge in [-0.2, -0.15) is 5.26 Å². The molecule has 6 rings (SSSR count). The number of nitriles is 1. The quantitative estimate of drug-likeness (QED) is 0.232. The van der Waals surface area contributed by atoms with E-state index >= 15 is 0 Å². The number of pyridine rings is 1. The highest BCUT2D eigenvalue weighted by Gasteiger charge is 2.23. The van der Waals surface area contributed by atoms with Crippen molar-refractivity contribution in [2.45, 2.75) is 27.7 Å². The monoisotopic (exact) mass is 493 g/mol. The Bertz CT molecular complexity index is 1930. The van der Waals surface area contributed by atoms with Gasteiger partial charge in [-0.25, -0.2) is 4.57 Å². The Morgan fingerprint density at radius 3 is 2.11 bits per heavy atom. The van der Waals surface area contributed by atoms with Crippen molar-refractivity contribution < 1.29 is 8.98 Å². The molecule has 38 heavy (non-hydrogen) atoms. The summed E-state index contributed by atoms with van der Waals surface area (Å²) in [5.74, 6) is 0. The molecule has 0 fully saturated rings. The van der Waals surface area contributed by atoms with Crippen LogP contribution >= 0.6 is 0 Å². The van der Waals surface area contributed by atoms with Gasteiger partial charge in [0.25, 0.3) is 0 Å². The van der Waals surface area contributed by atoms with Crippen LogP contribution in [0.15, 0.2) is 89.5 Å². The molecule has 0 aliphatic heterocycles. The van der Waals surface area contributed by atoms with Gasteiger partial charge in [-0.1, -0.05) is 54.1 Å². The molecule has 0 unspecified atom stereocenters. The van der Waals surface area contributed by atoms with Crippen LogP contribution in [0.5, 0.6) is 0 Å². The molecule has 3 heteroatoms. The first-order valence-electron chi connectivity index (χ1n) is 12.9. The molecule has 0 radical (unpaired) electrons. The van der Waals surface area contributed by atoms with Crippen LogP contribution in [-0.4, -0.2) is 0 Å². The topological polar surface area (TPSA) is 40.8 Å². The molecule has 184 valence electrons. The molecular weight excluding hydrogens is 464 g/mol. The predicted octanol–water partition coefficient (Wildman–Crippen LogP) is 8.52. The predicted molar refractivity (Wildman–Crippen MR) is 155 cm³/mol. The van der Waals surface area contributed by atoms with Gasteiger partial charge >= 0.3 is 0 Å². The number of aromatic nitrogens is 1. The van der Waals surface area contributed by atoms with E-state index in [9.17, 15) is 5.26 Å². The fourth-order valence-corrected chi connectivity index (χ4v) is 5.71. The third-order valence-corrected chi connectivity index (χ3v) is 7.64. The average Bonchev–Trinajstić information content (AvgIpc) is 3.27. The second kappa shape index (κ2) is 9.01. The lowest BCUT2D eigenvalue weighted by molar-refractivity contribution is -0.660. The lowest BCUT2D eigenvalue weighted by atomic mass is 9.90. The van der Waals surface area contributed by atoms with E-state index in [4.69, 9.17) is 4.42 Å². The van der Waals surface area contributed by atoms with E-state index in [0.717, 1.165) is 55.4 Å². The fraction of sp³-hybridized carbons (Fsp3) is 0.143. The first kappa shape index (κ1) is 23.7. The van der Waals surface area contributed by atoms with Crippen molar-refractivity contribution in [3.05, 3.63) is 113 Å². The van der Waals surface area contributed by atoms with Crippen molar-refractivity contribution in [2.24, 2.45) is 7.05 Å². The summed E-state index contributed by atoms with van der Waals surface area (Å²) in [6.45, 7) is 8.51. The zero-order valence-electron chi connectivity index (χ0n) is 22.4. The Hall–Kier alpha value is -4.68. The summed E-state index contributed by atoms with van der Waals surface area (Å²) in [5, 5.41) is 12.2. The van der Waals surface area contributed by atoms with Crippen LogP contribution in [0.2, 0.25) is 0 Å². The maximum atomic E-state index is 10.1. The molecule has 6 aromatic rings. The average molecular weight is 494 g/mol. The molecule has 0 amide bonds. The van der Waals surface area contributed by atoms with Crippen molar-refractivity contribution >= 4 is 21.9 Å². The SMILES string of the molecule is Cc1ccc(-c2ccc(-c3c(C#N)ccc4c3oc3c(-c5cccc[n+]5C)c(C)ccc34)c(C)c2)c(C)c1. The number of nitrogens with zero attached hydrogens (tertiary/aromatic N) is 2. The summed E-state index contributed by atoms with van der Waals surface area (Å²) in [5.41, 5.74) is 13.4. The number of aryl methyl sites for hydroxylation is 5. The number of fused-ring (bicyclic) bond motifs is 3. The minimum atomic E-state index is 0.613. The summed E-state index contributed by atoms with van der Waals surface area (Å²) in [6.07, 6.45) is 2.05. The van der Waals surface area contributed by atoms with Gasteiger partial charge in [-0.05, 0) is 79.3 Å². The standard InChI is InChI=1S/C35H29N2O/c1-21-9-13-27(23(3)18-21)25-11-15-28(24(4)19-25)33-26(20-36)12-16-30-29-14-10-22(2)32(34(29)38-35(30)33)31-8-6-7-17-37(31)5/h6-19H,1-5H3/q+1. The molecule has 3 nitrogen and oxygen atoms in total. The molecule has 2 heterocycles. The highest BCUT2D eigenvalue weighted by atomic mass is 16.3. The lowest BCUT2D eigenvalue weighted by Crippen LogP contribution is -2.30. The number of benzene rings is 4. The third-order valence-electron chi connectivity index (χ3n) is 7.64. The Kier molecular flexibility index (Phi) is 5.62. The maximum Gasteiger partial charge on any atom is 0.216 e. The van der Waals surface area contributed by atoms with Gasteiger partial charge in [0.15, 0.2) is 6.20 Å². The maximum absolute atomic E-state index is 10.1. The molecule has 0 atom stereocenters. The Balaban J connectivity index is 1.62. The number of hydrogen-bond acceptors (Lipinski definition) is 2. The molecule has 0 saturated heterocycles. The molecular formula is C35H29N2O+. The molecule has 0 N–H and O–H groups in total. The zero-order valence-corrected chi connectivity index (χ0v) is 22.4. The van der Waals surface area contributed by atoms with Gasteiger partial charge in [-0.15, -0.1) is 0 Å². The van der Waals surface area contributed by atoms with E-state index in [2.05, 4.69) is 112 Å². The van der Waals surface area contributed by atoms with Crippen molar-refractivity contribution in [3.63, 3.8) is 0 Å². The summed E-state index contributed by atoms with van der Waals surface area (Å²) >= 11 is 0. The van der Waals surface area contributed by atoms with E-state index in [0.29, 0.717) is 5.56 Å². The van der Waals surface area contributed by atoms with E-state index in [-0.39, 0.29) is 0 Å². The molecule has 0 bridgehead atoms. The fourth-order valence-electron chi connectivity index (χ4n) is 5.71. The second-order valence-corrected chi connectivity index (χ2v) is 10.3. The molecule has 0 spiro atoms. The Morgan fingerprint density at radius 1 is 0.684 bits per heavy atom. The zero-order chi connectivity index (χ0) is 26.6. The summed E-state index contributed by atoms with van der Waals surface area (Å²) in [4.78, 5) is 0. The van der Waals surface area contributed by atoms with Crippen LogP contribution in [0.25, 0.3) is 55.4 Å². The van der Waals surface area contributed by atoms with Crippen LogP contribution in [0.4, 0.5) is 0 Å². The van der Waals surface area contributed by atoms with Gasteiger partial charge < -0.3 is 4.42 Å². The first-order chi connectivity index (χ1) is 18.4. The highest BCUT2D eigenvalue weighted by Crippen LogP contribution is 2.43. The van der Waals surface area contributed by atoms with Crippen molar-refractivity contribution in [1.82, 2.24) is 0 Å². The van der Waals surface area contributed by atoms with E-state index in [1.807, 2.05) is 18.2 Å². The lowest BCUT2D eigenvalue weighted by Gasteiger charge is -2.13. The molecule has 4 aromatic carbocycles. The van der Waals surface area contributed by atoms with E-state index < -0.39 is 0 Å². The van der Waals surface area contributed by atoms with Gasteiger partial charge in [0.2, 0.25) is 5.69 Å². The summed E-state index contributed by atoms with van der Waals surface area (Å²) < 4.78 is 8.86. The van der Waals surface area contributed by atoms with Crippen LogP contribution in [0, 0.1) is 39.0 Å². The summed E-state index contributed by atoms with van der Waals surface area (Å²) in [6, 6.07) is 29.9. The van der Waals surface area contributed by atoms with Crippen molar-refractivity contribution in [2.75, 3.05) is 0 Å².